The number of methoxy groups -OCH3 is 2. The molecule has 168 valence electrons. The third kappa shape index (κ3) is 4.07. The first-order valence-electron chi connectivity index (χ1n) is 10.6. The van der Waals surface area contributed by atoms with E-state index in [-0.39, 0.29) is 5.70 Å². The molecule has 0 unspecified atom stereocenters. The van der Waals surface area contributed by atoms with E-state index in [1.165, 1.54) is 4.90 Å². The number of rotatable bonds is 6. The average Bonchev–Trinajstić information content (AvgIpc) is 3.05. The first kappa shape index (κ1) is 22.1. The number of benzene rings is 3. The number of nitrogens with zero attached hydrogens (tertiary/aromatic N) is 1. The molecule has 1 heterocycles. The number of carbonyl (C=O) groups excluding carboxylic acids is 2. The van der Waals surface area contributed by atoms with Gasteiger partial charge in [-0.25, -0.2) is 4.90 Å². The predicted octanol–water partition coefficient (Wildman–Crippen LogP) is 5.03. The van der Waals surface area contributed by atoms with Gasteiger partial charge in [-0.05, 0) is 67.3 Å². The molecule has 3 aromatic rings. The molecule has 1 N–H and O–H groups in total. The minimum atomic E-state index is -0.440. The second-order valence-electron chi connectivity index (χ2n) is 8.02. The van der Waals surface area contributed by atoms with Crippen molar-refractivity contribution in [3.05, 3.63) is 88.6 Å². The van der Waals surface area contributed by atoms with Crippen molar-refractivity contribution >= 4 is 28.8 Å². The Morgan fingerprint density at radius 1 is 0.788 bits per heavy atom. The summed E-state index contributed by atoms with van der Waals surface area (Å²) >= 11 is 0. The normalized spacial score (nSPS) is 13.5. The second-order valence-corrected chi connectivity index (χ2v) is 8.02. The van der Waals surface area contributed by atoms with Crippen molar-refractivity contribution in [2.75, 3.05) is 24.4 Å². The molecule has 0 saturated carbocycles. The zero-order chi connectivity index (χ0) is 23.7. The van der Waals surface area contributed by atoms with Gasteiger partial charge in [-0.15, -0.1) is 0 Å². The lowest BCUT2D eigenvalue weighted by Crippen LogP contribution is -2.32. The van der Waals surface area contributed by atoms with Crippen LogP contribution in [0.4, 0.5) is 11.4 Å². The number of anilines is 2. The van der Waals surface area contributed by atoms with Gasteiger partial charge in [-0.1, -0.05) is 30.3 Å². The summed E-state index contributed by atoms with van der Waals surface area (Å²) in [7, 11) is 3.11. The van der Waals surface area contributed by atoms with E-state index in [9.17, 15) is 9.59 Å². The third-order valence-electron chi connectivity index (χ3n) is 5.81. The van der Waals surface area contributed by atoms with E-state index in [2.05, 4.69) is 5.32 Å². The number of hydrogen-bond acceptors (Lipinski definition) is 5. The van der Waals surface area contributed by atoms with Crippen molar-refractivity contribution in [1.82, 2.24) is 0 Å². The summed E-state index contributed by atoms with van der Waals surface area (Å²) in [6.07, 6.45) is 0. The number of imide groups is 1. The number of carbonyl (C=O) groups is 2. The van der Waals surface area contributed by atoms with E-state index in [1.54, 1.807) is 38.5 Å². The Kier molecular flexibility index (Phi) is 5.92. The Balaban J connectivity index is 1.87. The van der Waals surface area contributed by atoms with E-state index in [1.807, 2.05) is 57.2 Å². The lowest BCUT2D eigenvalue weighted by molar-refractivity contribution is -0.120. The molecule has 0 saturated heterocycles. The van der Waals surface area contributed by atoms with E-state index in [0.29, 0.717) is 34.0 Å². The van der Waals surface area contributed by atoms with Gasteiger partial charge in [0.2, 0.25) is 0 Å². The van der Waals surface area contributed by atoms with Crippen molar-refractivity contribution in [1.29, 1.82) is 0 Å². The molecule has 0 aliphatic carbocycles. The fourth-order valence-corrected chi connectivity index (χ4v) is 3.85. The largest absolute Gasteiger partial charge is 0.497 e. The maximum Gasteiger partial charge on any atom is 0.282 e. The topological polar surface area (TPSA) is 67.9 Å². The van der Waals surface area contributed by atoms with Crippen LogP contribution in [0.25, 0.3) is 5.57 Å². The molecule has 1 aliphatic heterocycles. The van der Waals surface area contributed by atoms with Gasteiger partial charge in [0.25, 0.3) is 11.8 Å². The maximum absolute atomic E-state index is 13.7. The summed E-state index contributed by atoms with van der Waals surface area (Å²) in [6, 6.07) is 18.3. The van der Waals surface area contributed by atoms with Gasteiger partial charge in [0.05, 0.1) is 31.2 Å². The Bertz CT molecular complexity index is 1290. The zero-order valence-corrected chi connectivity index (χ0v) is 19.4. The van der Waals surface area contributed by atoms with Gasteiger partial charge in [0, 0.05) is 6.07 Å². The molecule has 2 amide bonds. The minimum Gasteiger partial charge on any atom is -0.497 e. The number of nitrogens with one attached hydrogen (secondary N) is 1. The van der Waals surface area contributed by atoms with E-state index >= 15 is 0 Å². The first-order chi connectivity index (χ1) is 15.8. The SMILES string of the molecule is COc1cccc(N2C(=O)C(Nc3cc(C)ccc3OC)=C(c3ccc(C)c(C)c3)C2=O)c1. The summed E-state index contributed by atoms with van der Waals surface area (Å²) < 4.78 is 10.8. The van der Waals surface area contributed by atoms with E-state index in [0.717, 1.165) is 16.7 Å². The molecule has 0 bridgehead atoms. The van der Waals surface area contributed by atoms with Crippen LogP contribution in [0.1, 0.15) is 22.3 Å². The Morgan fingerprint density at radius 2 is 1.58 bits per heavy atom. The van der Waals surface area contributed by atoms with Crippen LogP contribution in [0, 0.1) is 20.8 Å². The summed E-state index contributed by atoms with van der Waals surface area (Å²) in [4.78, 5) is 28.5. The molecule has 0 fully saturated rings. The molecule has 0 aromatic heterocycles. The molecule has 6 heteroatoms. The lowest BCUT2D eigenvalue weighted by Gasteiger charge is -2.17. The van der Waals surface area contributed by atoms with Crippen LogP contribution in [0.5, 0.6) is 11.5 Å². The smallest absolute Gasteiger partial charge is 0.282 e. The van der Waals surface area contributed by atoms with Crippen molar-refractivity contribution in [2.24, 2.45) is 0 Å². The fourth-order valence-electron chi connectivity index (χ4n) is 3.85. The Labute approximate surface area is 193 Å². The second kappa shape index (κ2) is 8.82. The van der Waals surface area contributed by atoms with E-state index < -0.39 is 11.8 Å². The molecule has 0 spiro atoms. The maximum atomic E-state index is 13.7. The van der Waals surface area contributed by atoms with Crippen LogP contribution in [0.2, 0.25) is 0 Å². The van der Waals surface area contributed by atoms with Crippen LogP contribution in [0.15, 0.2) is 66.4 Å². The standard InChI is InChI=1S/C27H26N2O4/c1-16-9-12-23(33-5)22(13-16)28-25-24(19-11-10-17(2)18(3)14-19)26(30)29(27(25)31)20-7-6-8-21(15-20)32-4/h6-15,28H,1-5H3. The first-order valence-corrected chi connectivity index (χ1v) is 10.6. The number of amides is 2. The molecule has 4 rings (SSSR count). The van der Waals surface area contributed by atoms with Gasteiger partial charge in [0.15, 0.2) is 0 Å². The van der Waals surface area contributed by atoms with Gasteiger partial charge in [-0.2, -0.15) is 0 Å². The summed E-state index contributed by atoms with van der Waals surface area (Å²) in [5.41, 5.74) is 5.39. The number of ether oxygens (including phenoxy) is 2. The van der Waals surface area contributed by atoms with Gasteiger partial charge >= 0.3 is 0 Å². The van der Waals surface area contributed by atoms with Gasteiger partial charge in [0.1, 0.15) is 17.2 Å². The van der Waals surface area contributed by atoms with Crippen LogP contribution in [-0.4, -0.2) is 26.0 Å². The monoisotopic (exact) mass is 442 g/mol. The summed E-state index contributed by atoms with van der Waals surface area (Å²) in [5, 5.41) is 3.20. The van der Waals surface area contributed by atoms with E-state index in [4.69, 9.17) is 9.47 Å². The lowest BCUT2D eigenvalue weighted by atomic mass is 9.99. The highest BCUT2D eigenvalue weighted by molar-refractivity contribution is 6.46. The van der Waals surface area contributed by atoms with Gasteiger partial charge in [-0.3, -0.25) is 9.59 Å². The number of hydrogen-bond donors (Lipinski definition) is 1. The molecule has 0 atom stereocenters. The van der Waals surface area contributed by atoms with Crippen LogP contribution >= 0.6 is 0 Å². The Hall–Kier alpha value is -4.06. The van der Waals surface area contributed by atoms with Crippen molar-refractivity contribution < 1.29 is 19.1 Å². The Morgan fingerprint density at radius 3 is 2.27 bits per heavy atom. The molecule has 0 radical (unpaired) electrons. The van der Waals surface area contributed by atoms with Crippen LogP contribution in [-0.2, 0) is 9.59 Å². The van der Waals surface area contributed by atoms with Crippen molar-refractivity contribution in [3.8, 4) is 11.5 Å². The highest BCUT2D eigenvalue weighted by Crippen LogP contribution is 2.37. The average molecular weight is 443 g/mol. The van der Waals surface area contributed by atoms with Crippen LogP contribution in [0.3, 0.4) is 0 Å². The zero-order valence-electron chi connectivity index (χ0n) is 19.4. The molecule has 33 heavy (non-hydrogen) atoms. The molecule has 6 nitrogen and oxygen atoms in total. The number of aryl methyl sites for hydroxylation is 3. The third-order valence-corrected chi connectivity index (χ3v) is 5.81. The summed E-state index contributed by atoms with van der Waals surface area (Å²) in [5.74, 6) is 0.297. The molecule has 3 aromatic carbocycles. The highest BCUT2D eigenvalue weighted by Gasteiger charge is 2.40. The highest BCUT2D eigenvalue weighted by atomic mass is 16.5. The minimum absolute atomic E-state index is 0.204. The van der Waals surface area contributed by atoms with Crippen molar-refractivity contribution in [2.45, 2.75) is 20.8 Å². The molecule has 1 aliphatic rings. The van der Waals surface area contributed by atoms with Gasteiger partial charge < -0.3 is 14.8 Å². The predicted molar refractivity (Wildman–Crippen MR) is 130 cm³/mol. The molecular formula is C27H26N2O4. The fraction of sp³-hybridized carbons (Fsp3) is 0.185. The molecular weight excluding hydrogens is 416 g/mol. The van der Waals surface area contributed by atoms with Crippen molar-refractivity contribution in [3.63, 3.8) is 0 Å². The quantitative estimate of drug-likeness (QED) is 0.543. The summed E-state index contributed by atoms with van der Waals surface area (Å²) in [6.45, 7) is 5.94. The van der Waals surface area contributed by atoms with Crippen LogP contribution < -0.4 is 19.7 Å².